The monoisotopic (exact) mass is 441 g/mol. The van der Waals surface area contributed by atoms with E-state index in [4.69, 9.17) is 5.73 Å². The van der Waals surface area contributed by atoms with E-state index in [1.165, 1.54) is 0 Å². The van der Waals surface area contributed by atoms with Gasteiger partial charge in [-0.2, -0.15) is 0 Å². The first-order valence-corrected chi connectivity index (χ1v) is 11.3. The van der Waals surface area contributed by atoms with E-state index in [0.29, 0.717) is 25.9 Å². The quantitative estimate of drug-likeness (QED) is 0.637. The molecule has 2 aromatic rings. The fraction of sp³-hybridized carbons (Fsp3) is 0.591. The Hall–Kier alpha value is -3.01. The van der Waals surface area contributed by atoms with Crippen molar-refractivity contribution in [2.45, 2.75) is 57.2 Å². The van der Waals surface area contributed by atoms with Gasteiger partial charge >= 0.3 is 0 Å². The van der Waals surface area contributed by atoms with Gasteiger partial charge in [-0.1, -0.05) is 11.3 Å². The van der Waals surface area contributed by atoms with Crippen molar-refractivity contribution < 1.29 is 14.4 Å². The first-order valence-electron chi connectivity index (χ1n) is 11.3. The Balaban J connectivity index is 1.29. The largest absolute Gasteiger partial charge is 0.350 e. The van der Waals surface area contributed by atoms with Crippen LogP contribution in [-0.4, -0.2) is 74.2 Å². The molecular weight excluding hydrogens is 410 g/mol. The van der Waals surface area contributed by atoms with Gasteiger partial charge in [0.2, 0.25) is 17.7 Å². The molecule has 1 aromatic heterocycles. The normalized spacial score (nSPS) is 19.5. The van der Waals surface area contributed by atoms with Gasteiger partial charge in [0.15, 0.2) is 0 Å². The molecule has 2 saturated heterocycles. The minimum absolute atomic E-state index is 0.0570. The molecule has 10 heteroatoms. The third-order valence-corrected chi connectivity index (χ3v) is 6.43. The fourth-order valence-electron chi connectivity index (χ4n) is 4.55. The number of aryl methyl sites for hydroxylation is 1. The maximum Gasteiger partial charge on any atom is 0.243 e. The lowest BCUT2D eigenvalue weighted by Crippen LogP contribution is -2.51. The molecular formula is C22H31N7O3. The maximum absolute atomic E-state index is 12.9. The van der Waals surface area contributed by atoms with Crippen LogP contribution in [0.1, 0.15) is 44.1 Å². The molecule has 3 N–H and O–H groups in total. The number of fused-ring (bicyclic) bond motifs is 1. The Morgan fingerprint density at radius 1 is 1.19 bits per heavy atom. The summed E-state index contributed by atoms with van der Waals surface area (Å²) in [7, 11) is 1.83. The first kappa shape index (κ1) is 22.2. The summed E-state index contributed by atoms with van der Waals surface area (Å²) in [5.41, 5.74) is 8.72. The molecule has 0 saturated carbocycles. The Morgan fingerprint density at radius 2 is 1.97 bits per heavy atom. The SMILES string of the molecule is Cn1nnc2cc(CNC(=O)[C@@H]3CCCN3C(=O)[C@H](N)CCC(=O)N3CCCC3)ccc21. The third-order valence-electron chi connectivity index (χ3n) is 6.43. The Kier molecular flexibility index (Phi) is 6.69. The van der Waals surface area contributed by atoms with Crippen LogP contribution in [0.2, 0.25) is 0 Å². The summed E-state index contributed by atoms with van der Waals surface area (Å²) < 4.78 is 1.70. The molecule has 32 heavy (non-hydrogen) atoms. The molecule has 0 radical (unpaired) electrons. The molecule has 2 aliphatic rings. The van der Waals surface area contributed by atoms with Crippen LogP contribution in [0.5, 0.6) is 0 Å². The van der Waals surface area contributed by atoms with Crippen molar-refractivity contribution in [1.29, 1.82) is 0 Å². The van der Waals surface area contributed by atoms with E-state index < -0.39 is 12.1 Å². The summed E-state index contributed by atoms with van der Waals surface area (Å²) in [5, 5.41) is 11.0. The molecule has 2 fully saturated rings. The second-order valence-corrected chi connectivity index (χ2v) is 8.68. The second kappa shape index (κ2) is 9.64. The number of nitrogens with one attached hydrogen (secondary N) is 1. The zero-order chi connectivity index (χ0) is 22.7. The number of rotatable bonds is 7. The molecule has 1 aromatic carbocycles. The van der Waals surface area contributed by atoms with E-state index in [2.05, 4.69) is 15.6 Å². The van der Waals surface area contributed by atoms with E-state index in [-0.39, 0.29) is 24.1 Å². The van der Waals surface area contributed by atoms with Crippen LogP contribution in [0.25, 0.3) is 11.0 Å². The molecule has 0 unspecified atom stereocenters. The second-order valence-electron chi connectivity index (χ2n) is 8.68. The zero-order valence-corrected chi connectivity index (χ0v) is 18.5. The summed E-state index contributed by atoms with van der Waals surface area (Å²) in [6, 6.07) is 4.45. The number of aromatic nitrogens is 3. The van der Waals surface area contributed by atoms with Crippen LogP contribution in [0, 0.1) is 0 Å². The summed E-state index contributed by atoms with van der Waals surface area (Å²) in [6.07, 6.45) is 4.01. The van der Waals surface area contributed by atoms with Gasteiger partial charge in [-0.05, 0) is 49.8 Å². The lowest BCUT2D eigenvalue weighted by Gasteiger charge is -2.27. The van der Waals surface area contributed by atoms with Gasteiger partial charge in [-0.25, -0.2) is 4.68 Å². The van der Waals surface area contributed by atoms with Crippen LogP contribution >= 0.6 is 0 Å². The predicted molar refractivity (Wildman–Crippen MR) is 118 cm³/mol. The molecule has 0 spiro atoms. The number of amides is 3. The highest BCUT2D eigenvalue weighted by Gasteiger charge is 2.36. The van der Waals surface area contributed by atoms with Gasteiger partial charge in [-0.3, -0.25) is 14.4 Å². The first-order chi connectivity index (χ1) is 15.4. The Bertz CT molecular complexity index is 999. The molecule has 172 valence electrons. The van der Waals surface area contributed by atoms with Crippen molar-refractivity contribution in [3.63, 3.8) is 0 Å². The number of carbonyl (C=O) groups is 3. The molecule has 4 rings (SSSR count). The van der Waals surface area contributed by atoms with Gasteiger partial charge in [0.05, 0.1) is 11.6 Å². The van der Waals surface area contributed by atoms with Gasteiger partial charge in [0.1, 0.15) is 11.6 Å². The van der Waals surface area contributed by atoms with Crippen LogP contribution in [0.15, 0.2) is 18.2 Å². The topological polar surface area (TPSA) is 126 Å². The van der Waals surface area contributed by atoms with Gasteiger partial charge in [0, 0.05) is 39.6 Å². The van der Waals surface area contributed by atoms with E-state index in [1.807, 2.05) is 30.1 Å². The van der Waals surface area contributed by atoms with Crippen molar-refractivity contribution in [1.82, 2.24) is 30.1 Å². The molecule has 3 heterocycles. The highest BCUT2D eigenvalue weighted by molar-refractivity contribution is 5.90. The number of nitrogens with two attached hydrogens (primary N) is 1. The fourth-order valence-corrected chi connectivity index (χ4v) is 4.55. The minimum Gasteiger partial charge on any atom is -0.350 e. The molecule has 0 aliphatic carbocycles. The van der Waals surface area contributed by atoms with Gasteiger partial charge in [0.25, 0.3) is 0 Å². The van der Waals surface area contributed by atoms with Crippen molar-refractivity contribution in [2.75, 3.05) is 19.6 Å². The highest BCUT2D eigenvalue weighted by Crippen LogP contribution is 2.20. The molecule has 0 bridgehead atoms. The predicted octanol–water partition coefficient (Wildman–Crippen LogP) is 0.305. The summed E-state index contributed by atoms with van der Waals surface area (Å²) in [6.45, 7) is 2.44. The van der Waals surface area contributed by atoms with Crippen molar-refractivity contribution in [3.05, 3.63) is 23.8 Å². The molecule has 3 amide bonds. The zero-order valence-electron chi connectivity index (χ0n) is 18.5. The standard InChI is InChI=1S/C22H31N7O3/c1-27-18-8-6-15(13-17(18)25-26-27)14-24-21(31)19-5-4-12-29(19)22(32)16(23)7-9-20(30)28-10-2-3-11-28/h6,8,13,16,19H,2-5,7,9-12,14,23H2,1H3,(H,24,31)/t16-,19+/m1/s1. The molecule has 2 aliphatic heterocycles. The van der Waals surface area contributed by atoms with Crippen LogP contribution in [-0.2, 0) is 28.0 Å². The maximum atomic E-state index is 12.9. The van der Waals surface area contributed by atoms with Crippen molar-refractivity contribution in [3.8, 4) is 0 Å². The number of hydrogen-bond donors (Lipinski definition) is 2. The van der Waals surface area contributed by atoms with Gasteiger partial charge in [-0.15, -0.1) is 5.10 Å². The number of nitrogens with zero attached hydrogens (tertiary/aromatic N) is 5. The minimum atomic E-state index is -0.769. The van der Waals surface area contributed by atoms with Crippen LogP contribution in [0.3, 0.4) is 0 Å². The van der Waals surface area contributed by atoms with Crippen LogP contribution < -0.4 is 11.1 Å². The van der Waals surface area contributed by atoms with Crippen molar-refractivity contribution in [2.24, 2.45) is 12.8 Å². The average Bonchev–Trinajstić information content (AvgIpc) is 3.56. The third kappa shape index (κ3) is 4.74. The van der Waals surface area contributed by atoms with E-state index in [0.717, 1.165) is 48.9 Å². The highest BCUT2D eigenvalue weighted by atomic mass is 16.2. The van der Waals surface area contributed by atoms with E-state index >= 15 is 0 Å². The van der Waals surface area contributed by atoms with E-state index in [9.17, 15) is 14.4 Å². The number of benzene rings is 1. The summed E-state index contributed by atoms with van der Waals surface area (Å²) in [4.78, 5) is 41.4. The lowest BCUT2D eigenvalue weighted by atomic mass is 10.1. The van der Waals surface area contributed by atoms with Crippen molar-refractivity contribution >= 4 is 28.8 Å². The van der Waals surface area contributed by atoms with E-state index in [1.54, 1.807) is 9.58 Å². The number of carbonyl (C=O) groups excluding carboxylic acids is 3. The van der Waals surface area contributed by atoms with Crippen LogP contribution in [0.4, 0.5) is 0 Å². The van der Waals surface area contributed by atoms with Gasteiger partial charge < -0.3 is 20.9 Å². The summed E-state index contributed by atoms with van der Waals surface area (Å²) in [5.74, 6) is -0.380. The molecule has 10 nitrogen and oxygen atoms in total. The lowest BCUT2D eigenvalue weighted by molar-refractivity contribution is -0.140. The Labute approximate surface area is 187 Å². The molecule has 2 atom stereocenters. The smallest absolute Gasteiger partial charge is 0.243 e. The number of hydrogen-bond acceptors (Lipinski definition) is 6. The summed E-state index contributed by atoms with van der Waals surface area (Å²) >= 11 is 0. The number of likely N-dealkylation sites (tertiary alicyclic amines) is 2. The average molecular weight is 442 g/mol. The Morgan fingerprint density at radius 3 is 2.75 bits per heavy atom.